The van der Waals surface area contributed by atoms with Gasteiger partial charge in [-0.1, -0.05) is 11.6 Å². The number of pyridine rings is 1. The topological polar surface area (TPSA) is 65.2 Å². The van der Waals surface area contributed by atoms with Crippen molar-refractivity contribution < 1.29 is 18.3 Å². The quantitative estimate of drug-likeness (QED) is 0.848. The summed E-state index contributed by atoms with van der Waals surface area (Å²) >= 11 is 5.72. The summed E-state index contributed by atoms with van der Waals surface area (Å²) in [7, 11) is 0. The van der Waals surface area contributed by atoms with E-state index < -0.39 is 18.0 Å². The number of hydrogen-bond donors (Lipinski definition) is 1. The van der Waals surface area contributed by atoms with Crippen LogP contribution in [0.25, 0.3) is 0 Å². The molecule has 0 aromatic carbocycles. The average molecular weight is 265 g/mol. The van der Waals surface area contributed by atoms with Crippen LogP contribution in [0.1, 0.15) is 24.6 Å². The van der Waals surface area contributed by atoms with Crippen molar-refractivity contribution in [2.75, 3.05) is 12.3 Å². The third-order valence-electron chi connectivity index (χ3n) is 2.00. The van der Waals surface area contributed by atoms with Crippen LogP contribution in [0.3, 0.4) is 0 Å². The highest BCUT2D eigenvalue weighted by atomic mass is 35.5. The molecule has 0 saturated carbocycles. The molecule has 0 aliphatic heterocycles. The van der Waals surface area contributed by atoms with Gasteiger partial charge in [0.25, 0.3) is 6.43 Å². The number of carbonyl (C=O) groups excluding carboxylic acids is 1. The van der Waals surface area contributed by atoms with Gasteiger partial charge in [-0.25, -0.2) is 8.78 Å². The first-order valence-corrected chi connectivity index (χ1v) is 5.21. The number of aromatic nitrogens is 1. The molecule has 0 amide bonds. The van der Waals surface area contributed by atoms with Crippen LogP contribution in [-0.4, -0.2) is 17.6 Å². The van der Waals surface area contributed by atoms with E-state index in [1.807, 2.05) is 0 Å². The minimum Gasteiger partial charge on any atom is -0.466 e. The van der Waals surface area contributed by atoms with Crippen molar-refractivity contribution in [3.63, 3.8) is 0 Å². The zero-order valence-electron chi connectivity index (χ0n) is 9.04. The maximum atomic E-state index is 12.6. The maximum absolute atomic E-state index is 12.6. The van der Waals surface area contributed by atoms with Crippen LogP contribution in [0.15, 0.2) is 6.20 Å². The Bertz CT molecular complexity index is 427. The van der Waals surface area contributed by atoms with Gasteiger partial charge in [0, 0.05) is 0 Å². The van der Waals surface area contributed by atoms with Gasteiger partial charge in [0.05, 0.1) is 41.2 Å². The lowest BCUT2D eigenvalue weighted by Gasteiger charge is -2.10. The second kappa shape index (κ2) is 5.77. The molecule has 7 heteroatoms. The molecule has 1 aromatic rings. The number of nitrogens with two attached hydrogens (primary N) is 1. The van der Waals surface area contributed by atoms with Gasteiger partial charge in [0.2, 0.25) is 0 Å². The van der Waals surface area contributed by atoms with E-state index in [9.17, 15) is 13.6 Å². The van der Waals surface area contributed by atoms with E-state index in [-0.39, 0.29) is 29.4 Å². The van der Waals surface area contributed by atoms with Crippen LogP contribution in [0, 0.1) is 0 Å². The molecule has 2 N–H and O–H groups in total. The van der Waals surface area contributed by atoms with E-state index in [0.29, 0.717) is 0 Å². The van der Waals surface area contributed by atoms with Crippen molar-refractivity contribution >= 4 is 23.3 Å². The van der Waals surface area contributed by atoms with E-state index in [2.05, 4.69) is 9.72 Å². The Labute approximate surface area is 102 Å². The number of esters is 1. The number of nitrogen functional groups attached to an aromatic ring is 1. The van der Waals surface area contributed by atoms with Crippen molar-refractivity contribution in [2.24, 2.45) is 0 Å². The summed E-state index contributed by atoms with van der Waals surface area (Å²) in [5.74, 6) is -0.577. The molecule has 4 nitrogen and oxygen atoms in total. The predicted octanol–water partition coefficient (Wildman–Crippen LogP) is 2.36. The Morgan fingerprint density at radius 2 is 2.29 bits per heavy atom. The molecule has 0 aliphatic carbocycles. The zero-order chi connectivity index (χ0) is 13.0. The lowest BCUT2D eigenvalue weighted by Crippen LogP contribution is -2.11. The summed E-state index contributed by atoms with van der Waals surface area (Å²) in [6, 6.07) is 0. The molecule has 0 unspecified atom stereocenters. The van der Waals surface area contributed by atoms with Crippen LogP contribution in [0.5, 0.6) is 0 Å². The predicted molar refractivity (Wildman–Crippen MR) is 59.0 cm³/mol. The molecule has 1 heterocycles. The number of carbonyl (C=O) groups is 1. The molecular weight excluding hydrogens is 254 g/mol. The minimum atomic E-state index is -2.81. The first-order chi connectivity index (χ1) is 7.97. The second-order valence-electron chi connectivity index (χ2n) is 3.17. The molecule has 0 bridgehead atoms. The van der Waals surface area contributed by atoms with Crippen molar-refractivity contribution in [3.8, 4) is 0 Å². The first kappa shape index (κ1) is 13.6. The normalized spacial score (nSPS) is 10.6. The van der Waals surface area contributed by atoms with Gasteiger partial charge >= 0.3 is 5.97 Å². The highest BCUT2D eigenvalue weighted by molar-refractivity contribution is 6.32. The van der Waals surface area contributed by atoms with Crippen LogP contribution in [0.2, 0.25) is 5.02 Å². The summed E-state index contributed by atoms with van der Waals surface area (Å²) in [6.07, 6.45) is -2.01. The maximum Gasteiger partial charge on any atom is 0.311 e. The molecule has 0 atom stereocenters. The Morgan fingerprint density at radius 3 is 2.82 bits per heavy atom. The van der Waals surface area contributed by atoms with Crippen LogP contribution in [-0.2, 0) is 16.0 Å². The highest BCUT2D eigenvalue weighted by Crippen LogP contribution is 2.33. The van der Waals surface area contributed by atoms with E-state index in [0.717, 1.165) is 6.20 Å². The molecule has 17 heavy (non-hydrogen) atoms. The standard InChI is InChI=1S/C10H11ClF2N2O2/c1-2-17-7(16)3-6-9(11)8(10(12)13)5(14)4-15-6/h4,10H,2-3,14H2,1H3. The van der Waals surface area contributed by atoms with Gasteiger partial charge in [0.15, 0.2) is 0 Å². The summed E-state index contributed by atoms with van der Waals surface area (Å²) in [6.45, 7) is 1.84. The Hall–Kier alpha value is -1.43. The summed E-state index contributed by atoms with van der Waals surface area (Å²) in [5.41, 5.74) is 4.68. The molecule has 0 aliphatic rings. The van der Waals surface area contributed by atoms with E-state index in [4.69, 9.17) is 17.3 Å². The fourth-order valence-corrected chi connectivity index (χ4v) is 1.56. The fraction of sp³-hybridized carbons (Fsp3) is 0.400. The lowest BCUT2D eigenvalue weighted by molar-refractivity contribution is -0.142. The van der Waals surface area contributed by atoms with Gasteiger partial charge in [-0.15, -0.1) is 0 Å². The molecule has 94 valence electrons. The largest absolute Gasteiger partial charge is 0.466 e. The molecule has 0 fully saturated rings. The number of rotatable bonds is 4. The van der Waals surface area contributed by atoms with Crippen LogP contribution in [0.4, 0.5) is 14.5 Å². The summed E-state index contributed by atoms with van der Waals surface area (Å²) < 4.78 is 30.0. The molecule has 0 saturated heterocycles. The van der Waals surface area contributed by atoms with Crippen molar-refractivity contribution in [2.45, 2.75) is 19.8 Å². The van der Waals surface area contributed by atoms with Crippen molar-refractivity contribution in [1.82, 2.24) is 4.98 Å². The van der Waals surface area contributed by atoms with E-state index in [1.165, 1.54) is 0 Å². The monoisotopic (exact) mass is 264 g/mol. The fourth-order valence-electron chi connectivity index (χ4n) is 1.25. The third-order valence-corrected chi connectivity index (χ3v) is 2.42. The van der Waals surface area contributed by atoms with Gasteiger partial charge in [-0.05, 0) is 6.92 Å². The second-order valence-corrected chi connectivity index (χ2v) is 3.55. The Morgan fingerprint density at radius 1 is 1.65 bits per heavy atom. The van der Waals surface area contributed by atoms with Gasteiger partial charge < -0.3 is 10.5 Å². The number of alkyl halides is 2. The molecule has 1 rings (SSSR count). The van der Waals surface area contributed by atoms with E-state index in [1.54, 1.807) is 6.92 Å². The summed E-state index contributed by atoms with van der Waals surface area (Å²) in [4.78, 5) is 14.9. The number of ether oxygens (including phenoxy) is 1. The molecular formula is C10H11ClF2N2O2. The third kappa shape index (κ3) is 3.26. The van der Waals surface area contributed by atoms with Crippen LogP contribution < -0.4 is 5.73 Å². The Kier molecular flexibility index (Phi) is 4.62. The highest BCUT2D eigenvalue weighted by Gasteiger charge is 2.21. The number of nitrogens with zero attached hydrogens (tertiary/aromatic N) is 1. The zero-order valence-corrected chi connectivity index (χ0v) is 9.80. The average Bonchev–Trinajstić information content (AvgIpc) is 2.22. The number of halogens is 3. The lowest BCUT2D eigenvalue weighted by atomic mass is 10.1. The Balaban J connectivity index is 3.02. The molecule has 0 radical (unpaired) electrons. The number of hydrogen-bond acceptors (Lipinski definition) is 4. The first-order valence-electron chi connectivity index (χ1n) is 4.83. The van der Waals surface area contributed by atoms with Gasteiger partial charge in [-0.3, -0.25) is 9.78 Å². The summed E-state index contributed by atoms with van der Waals surface area (Å²) in [5, 5.41) is -0.284. The molecule has 1 aromatic heterocycles. The SMILES string of the molecule is CCOC(=O)Cc1ncc(N)c(C(F)F)c1Cl. The smallest absolute Gasteiger partial charge is 0.311 e. The van der Waals surface area contributed by atoms with Gasteiger partial charge in [-0.2, -0.15) is 0 Å². The van der Waals surface area contributed by atoms with Gasteiger partial charge in [0.1, 0.15) is 0 Å². The van der Waals surface area contributed by atoms with Crippen molar-refractivity contribution in [3.05, 3.63) is 22.5 Å². The number of anilines is 1. The minimum absolute atomic E-state index is 0.0367. The van der Waals surface area contributed by atoms with Crippen LogP contribution >= 0.6 is 11.6 Å². The van der Waals surface area contributed by atoms with Crippen molar-refractivity contribution in [1.29, 1.82) is 0 Å². The van der Waals surface area contributed by atoms with E-state index >= 15 is 0 Å². The molecule has 0 spiro atoms.